The highest BCUT2D eigenvalue weighted by Gasteiger charge is 2.26. The van der Waals surface area contributed by atoms with Crippen LogP contribution in [0.4, 0.5) is 4.79 Å². The van der Waals surface area contributed by atoms with E-state index in [1.54, 1.807) is 26.2 Å². The molecule has 1 aliphatic heterocycles. The lowest BCUT2D eigenvalue weighted by Crippen LogP contribution is -2.40. The van der Waals surface area contributed by atoms with Gasteiger partial charge in [0.25, 0.3) is 0 Å². The van der Waals surface area contributed by atoms with E-state index in [0.717, 1.165) is 21.8 Å². The maximum atomic E-state index is 11.8. The van der Waals surface area contributed by atoms with Crippen molar-refractivity contribution in [2.24, 2.45) is 0 Å². The van der Waals surface area contributed by atoms with Crippen LogP contribution in [-0.2, 0) is 4.79 Å². The highest BCUT2D eigenvalue weighted by molar-refractivity contribution is 6.06. The largest absolute Gasteiger partial charge is 0.497 e. The van der Waals surface area contributed by atoms with E-state index in [-0.39, 0.29) is 18.9 Å². The molecule has 2 rings (SSSR count). The molecule has 0 radical (unpaired) electrons. The number of benzene rings is 1. The molecule has 5 heteroatoms. The molecule has 0 spiro atoms. The number of hydrogen-bond acceptors (Lipinski definition) is 3. The van der Waals surface area contributed by atoms with Crippen LogP contribution in [0.5, 0.6) is 5.75 Å². The number of methoxy groups -OCH3 is 1. The van der Waals surface area contributed by atoms with Gasteiger partial charge >= 0.3 is 6.09 Å². The van der Waals surface area contributed by atoms with Gasteiger partial charge in [0.05, 0.1) is 20.2 Å². The Labute approximate surface area is 111 Å². The summed E-state index contributed by atoms with van der Waals surface area (Å²) in [5, 5.41) is 9.02. The van der Waals surface area contributed by atoms with E-state index < -0.39 is 6.09 Å². The molecule has 1 aromatic carbocycles. The quantitative estimate of drug-likeness (QED) is 0.884. The van der Waals surface area contributed by atoms with Gasteiger partial charge in [0, 0.05) is 0 Å². The van der Waals surface area contributed by atoms with E-state index in [4.69, 9.17) is 9.84 Å². The number of amides is 1. The zero-order valence-corrected chi connectivity index (χ0v) is 10.8. The van der Waals surface area contributed by atoms with E-state index in [9.17, 15) is 9.59 Å². The fraction of sp³-hybridized carbons (Fsp3) is 0.286. The Bertz CT molecular complexity index is 545. The second-order valence-corrected chi connectivity index (χ2v) is 4.39. The topological polar surface area (TPSA) is 66.8 Å². The Kier molecular flexibility index (Phi) is 3.55. The summed E-state index contributed by atoms with van der Waals surface area (Å²) in [6, 6.07) is 7.24. The maximum absolute atomic E-state index is 11.8. The first-order valence-electron chi connectivity index (χ1n) is 5.88. The van der Waals surface area contributed by atoms with Crippen molar-refractivity contribution in [3.8, 4) is 5.75 Å². The first kappa shape index (κ1) is 13.1. The summed E-state index contributed by atoms with van der Waals surface area (Å²) >= 11 is 0. The van der Waals surface area contributed by atoms with Crippen LogP contribution in [0, 0.1) is 0 Å². The number of carboxylic acid groups (broad SMARTS) is 1. The monoisotopic (exact) mass is 261 g/mol. The van der Waals surface area contributed by atoms with Gasteiger partial charge in [0.2, 0.25) is 0 Å². The molecular formula is C14H15NO4. The second kappa shape index (κ2) is 5.14. The number of carbonyl (C=O) groups excluding carboxylic acids is 1. The van der Waals surface area contributed by atoms with Gasteiger partial charge in [-0.05, 0) is 35.8 Å². The van der Waals surface area contributed by atoms with Crippen LogP contribution >= 0.6 is 0 Å². The van der Waals surface area contributed by atoms with E-state index in [1.165, 1.54) is 0 Å². The summed E-state index contributed by atoms with van der Waals surface area (Å²) in [5.41, 5.74) is 2.22. The molecule has 0 atom stereocenters. The van der Waals surface area contributed by atoms with Crippen LogP contribution in [0.25, 0.3) is 5.57 Å². The van der Waals surface area contributed by atoms with Gasteiger partial charge in [-0.25, -0.2) is 4.79 Å². The molecule has 5 nitrogen and oxygen atoms in total. The Morgan fingerprint density at radius 1 is 1.26 bits per heavy atom. The van der Waals surface area contributed by atoms with Gasteiger partial charge in [-0.1, -0.05) is 12.1 Å². The number of nitrogens with zero attached hydrogens (tertiary/aromatic N) is 1. The van der Waals surface area contributed by atoms with E-state index in [0.29, 0.717) is 5.57 Å². The van der Waals surface area contributed by atoms with Crippen molar-refractivity contribution in [3.63, 3.8) is 0 Å². The first-order chi connectivity index (χ1) is 9.02. The minimum atomic E-state index is -1.08. The molecule has 1 heterocycles. The molecule has 1 N–H and O–H groups in total. The second-order valence-electron chi connectivity index (χ2n) is 4.39. The third-order valence-corrected chi connectivity index (χ3v) is 3.26. The van der Waals surface area contributed by atoms with Crippen molar-refractivity contribution in [1.82, 2.24) is 4.90 Å². The van der Waals surface area contributed by atoms with Crippen LogP contribution in [0.15, 0.2) is 29.8 Å². The summed E-state index contributed by atoms with van der Waals surface area (Å²) in [5.74, 6) is 0.568. The van der Waals surface area contributed by atoms with Crippen LogP contribution in [0.2, 0.25) is 0 Å². The zero-order chi connectivity index (χ0) is 14.0. The van der Waals surface area contributed by atoms with Crippen LogP contribution < -0.4 is 4.74 Å². The Morgan fingerprint density at radius 3 is 2.42 bits per heavy atom. The lowest BCUT2D eigenvalue weighted by atomic mass is 9.94. The smallest absolute Gasteiger partial charge is 0.408 e. The van der Waals surface area contributed by atoms with Gasteiger partial charge in [-0.2, -0.15) is 0 Å². The van der Waals surface area contributed by atoms with Crippen LogP contribution in [-0.4, -0.2) is 42.1 Å². The molecule has 0 fully saturated rings. The van der Waals surface area contributed by atoms with Crippen molar-refractivity contribution < 1.29 is 19.4 Å². The number of Topliss-reactive ketones (excluding diaryl/α,β-unsaturated/α-hetero) is 1. The molecule has 1 amide bonds. The molecule has 0 aliphatic carbocycles. The molecule has 1 aliphatic rings. The highest BCUT2D eigenvalue weighted by atomic mass is 16.5. The Balaban J connectivity index is 2.37. The highest BCUT2D eigenvalue weighted by Crippen LogP contribution is 2.26. The van der Waals surface area contributed by atoms with Gasteiger partial charge in [0.15, 0.2) is 5.78 Å². The third-order valence-electron chi connectivity index (χ3n) is 3.26. The fourth-order valence-corrected chi connectivity index (χ4v) is 2.06. The minimum Gasteiger partial charge on any atom is -0.497 e. The van der Waals surface area contributed by atoms with Crippen molar-refractivity contribution >= 4 is 17.4 Å². The van der Waals surface area contributed by atoms with Crippen molar-refractivity contribution in [1.29, 1.82) is 0 Å². The summed E-state index contributed by atoms with van der Waals surface area (Å²) in [6.45, 7) is 1.90. The average Bonchev–Trinajstić information content (AvgIpc) is 2.41. The fourth-order valence-electron chi connectivity index (χ4n) is 2.06. The van der Waals surface area contributed by atoms with E-state index in [2.05, 4.69) is 0 Å². The first-order valence-corrected chi connectivity index (χ1v) is 5.88. The molecule has 19 heavy (non-hydrogen) atoms. The van der Waals surface area contributed by atoms with E-state index in [1.807, 2.05) is 12.1 Å². The summed E-state index contributed by atoms with van der Waals surface area (Å²) in [7, 11) is 1.58. The lowest BCUT2D eigenvalue weighted by Gasteiger charge is -2.26. The Morgan fingerprint density at radius 2 is 1.89 bits per heavy atom. The number of carbonyl (C=O) groups is 2. The molecule has 0 saturated heterocycles. The van der Waals surface area contributed by atoms with E-state index >= 15 is 0 Å². The number of rotatable bonds is 2. The zero-order valence-electron chi connectivity index (χ0n) is 10.8. The number of ketones is 1. The summed E-state index contributed by atoms with van der Waals surface area (Å²) < 4.78 is 5.08. The normalized spacial score (nSPS) is 15.7. The van der Waals surface area contributed by atoms with Crippen LogP contribution in [0.3, 0.4) is 0 Å². The molecule has 0 aromatic heterocycles. The molecule has 100 valence electrons. The Hall–Kier alpha value is -2.30. The van der Waals surface area contributed by atoms with Gasteiger partial charge in [0.1, 0.15) is 5.75 Å². The molecule has 0 bridgehead atoms. The SMILES string of the molecule is COc1ccc(C2=C(C)C(=O)CN(C(=O)O)C2)cc1. The standard InChI is InChI=1S/C14H15NO4/c1-9-12(7-15(14(17)18)8-13(9)16)10-3-5-11(19-2)6-4-10/h3-6H,7-8H2,1-2H3,(H,17,18). The maximum Gasteiger partial charge on any atom is 0.408 e. The number of hydrogen-bond donors (Lipinski definition) is 1. The predicted octanol–water partition coefficient (Wildman–Crippen LogP) is 2.03. The van der Waals surface area contributed by atoms with Gasteiger partial charge in [-0.3, -0.25) is 9.69 Å². The van der Waals surface area contributed by atoms with Crippen LogP contribution in [0.1, 0.15) is 12.5 Å². The third kappa shape index (κ3) is 2.59. The predicted molar refractivity (Wildman–Crippen MR) is 70.2 cm³/mol. The van der Waals surface area contributed by atoms with Gasteiger partial charge < -0.3 is 9.84 Å². The van der Waals surface area contributed by atoms with Gasteiger partial charge in [-0.15, -0.1) is 0 Å². The molecule has 0 unspecified atom stereocenters. The average molecular weight is 261 g/mol. The van der Waals surface area contributed by atoms with Crippen molar-refractivity contribution in [2.45, 2.75) is 6.92 Å². The lowest BCUT2D eigenvalue weighted by molar-refractivity contribution is -0.116. The van der Waals surface area contributed by atoms with Crippen molar-refractivity contribution in [3.05, 3.63) is 35.4 Å². The number of ether oxygens (including phenoxy) is 1. The molecule has 0 saturated carbocycles. The minimum absolute atomic E-state index is 0.0686. The molecule has 1 aromatic rings. The summed E-state index contributed by atoms with van der Waals surface area (Å²) in [6.07, 6.45) is -1.08. The summed E-state index contributed by atoms with van der Waals surface area (Å²) in [4.78, 5) is 24.0. The van der Waals surface area contributed by atoms with Crippen molar-refractivity contribution in [2.75, 3.05) is 20.2 Å². The molecular weight excluding hydrogens is 246 g/mol.